The van der Waals surface area contributed by atoms with E-state index in [-0.39, 0.29) is 5.92 Å². The van der Waals surface area contributed by atoms with Crippen LogP contribution < -0.4 is 0 Å². The topological polar surface area (TPSA) is 17.1 Å². The van der Waals surface area contributed by atoms with E-state index >= 15 is 0 Å². The fraction of sp³-hybridized carbons (Fsp3) is 0.462. The number of ketones is 1. The zero-order valence-corrected chi connectivity index (χ0v) is 8.99. The lowest BCUT2D eigenvalue weighted by Gasteiger charge is -2.10. The molecular formula is C13H18O. The minimum absolute atomic E-state index is 0.246. The van der Waals surface area contributed by atoms with Gasteiger partial charge in [-0.15, -0.1) is 0 Å². The van der Waals surface area contributed by atoms with Gasteiger partial charge in [-0.3, -0.25) is 4.79 Å². The molecule has 0 atom stereocenters. The van der Waals surface area contributed by atoms with Crippen molar-refractivity contribution in [2.45, 2.75) is 33.1 Å². The smallest absolute Gasteiger partial charge is 0.140 e. The summed E-state index contributed by atoms with van der Waals surface area (Å²) in [6, 6.07) is 9.97. The number of benzene rings is 1. The Hall–Kier alpha value is -1.11. The molecule has 1 heteroatoms. The van der Waals surface area contributed by atoms with Crippen molar-refractivity contribution in [1.82, 2.24) is 0 Å². The standard InChI is InChI=1S/C13H18O/c1-3-12(4-2)13(14)10-11-8-6-5-7-9-11/h5-9,12H,3-4,10H2,1-2H3. The Morgan fingerprint density at radius 2 is 1.71 bits per heavy atom. The van der Waals surface area contributed by atoms with E-state index in [2.05, 4.69) is 13.8 Å². The molecule has 0 unspecified atom stereocenters. The van der Waals surface area contributed by atoms with E-state index in [0.717, 1.165) is 18.4 Å². The number of carbonyl (C=O) groups is 1. The van der Waals surface area contributed by atoms with Crippen molar-refractivity contribution in [3.05, 3.63) is 35.9 Å². The summed E-state index contributed by atoms with van der Waals surface area (Å²) in [4.78, 5) is 11.8. The third kappa shape index (κ3) is 2.99. The van der Waals surface area contributed by atoms with Gasteiger partial charge in [-0.1, -0.05) is 44.2 Å². The van der Waals surface area contributed by atoms with Gasteiger partial charge in [0.15, 0.2) is 0 Å². The van der Waals surface area contributed by atoms with Gasteiger partial charge in [-0.2, -0.15) is 0 Å². The van der Waals surface area contributed by atoms with Crippen LogP contribution in [0.25, 0.3) is 0 Å². The number of Topliss-reactive ketones (excluding diaryl/α,β-unsaturated/α-hetero) is 1. The van der Waals surface area contributed by atoms with Gasteiger partial charge in [-0.25, -0.2) is 0 Å². The molecule has 1 rings (SSSR count). The van der Waals surface area contributed by atoms with Crippen LogP contribution in [0.1, 0.15) is 32.3 Å². The molecule has 0 saturated carbocycles. The number of rotatable bonds is 5. The van der Waals surface area contributed by atoms with Crippen molar-refractivity contribution in [2.24, 2.45) is 5.92 Å². The van der Waals surface area contributed by atoms with Crippen LogP contribution in [0.2, 0.25) is 0 Å². The summed E-state index contributed by atoms with van der Waals surface area (Å²) in [7, 11) is 0. The molecule has 0 saturated heterocycles. The summed E-state index contributed by atoms with van der Waals surface area (Å²) >= 11 is 0. The SMILES string of the molecule is CCC(CC)C(=O)Cc1ccccc1. The second kappa shape index (κ2) is 5.58. The molecule has 0 bridgehead atoms. The molecule has 76 valence electrons. The lowest BCUT2D eigenvalue weighted by molar-refractivity contribution is -0.122. The molecule has 0 spiro atoms. The zero-order valence-electron chi connectivity index (χ0n) is 8.99. The van der Waals surface area contributed by atoms with E-state index in [9.17, 15) is 4.79 Å². The van der Waals surface area contributed by atoms with Crippen LogP contribution in [0.5, 0.6) is 0 Å². The normalized spacial score (nSPS) is 10.5. The van der Waals surface area contributed by atoms with Crippen LogP contribution in [-0.4, -0.2) is 5.78 Å². The monoisotopic (exact) mass is 190 g/mol. The second-order valence-electron chi connectivity index (χ2n) is 3.64. The maximum atomic E-state index is 11.8. The van der Waals surface area contributed by atoms with Crippen molar-refractivity contribution >= 4 is 5.78 Å². The highest BCUT2D eigenvalue weighted by Crippen LogP contribution is 2.12. The van der Waals surface area contributed by atoms with Crippen molar-refractivity contribution in [2.75, 3.05) is 0 Å². The van der Waals surface area contributed by atoms with E-state index in [1.807, 2.05) is 30.3 Å². The Balaban J connectivity index is 2.57. The molecule has 0 aliphatic rings. The van der Waals surface area contributed by atoms with Gasteiger partial charge in [0.05, 0.1) is 0 Å². The summed E-state index contributed by atoms with van der Waals surface area (Å²) in [5, 5.41) is 0. The van der Waals surface area contributed by atoms with Crippen LogP contribution in [0, 0.1) is 5.92 Å². The highest BCUT2D eigenvalue weighted by Gasteiger charge is 2.13. The highest BCUT2D eigenvalue weighted by atomic mass is 16.1. The largest absolute Gasteiger partial charge is 0.299 e. The predicted molar refractivity (Wildman–Crippen MR) is 59.2 cm³/mol. The fourth-order valence-corrected chi connectivity index (χ4v) is 1.69. The van der Waals surface area contributed by atoms with Gasteiger partial charge in [0, 0.05) is 12.3 Å². The first kappa shape index (κ1) is 11.0. The van der Waals surface area contributed by atoms with Gasteiger partial charge < -0.3 is 0 Å². The van der Waals surface area contributed by atoms with E-state index in [1.165, 1.54) is 0 Å². The Labute approximate surface area is 86.1 Å². The van der Waals surface area contributed by atoms with Gasteiger partial charge in [0.2, 0.25) is 0 Å². The quantitative estimate of drug-likeness (QED) is 0.696. The van der Waals surface area contributed by atoms with Crippen molar-refractivity contribution in [3.63, 3.8) is 0 Å². The summed E-state index contributed by atoms with van der Waals surface area (Å²) in [5.41, 5.74) is 1.13. The molecule has 1 nitrogen and oxygen atoms in total. The molecule has 0 aromatic heterocycles. The first-order valence-corrected chi connectivity index (χ1v) is 5.34. The molecule has 1 aromatic rings. The molecule has 14 heavy (non-hydrogen) atoms. The summed E-state index contributed by atoms with van der Waals surface area (Å²) < 4.78 is 0. The van der Waals surface area contributed by atoms with Crippen LogP contribution in [0.4, 0.5) is 0 Å². The minimum atomic E-state index is 0.246. The first-order valence-electron chi connectivity index (χ1n) is 5.34. The Kier molecular flexibility index (Phi) is 4.37. The van der Waals surface area contributed by atoms with Gasteiger partial charge >= 0.3 is 0 Å². The van der Waals surface area contributed by atoms with E-state index in [0.29, 0.717) is 12.2 Å². The van der Waals surface area contributed by atoms with Crippen molar-refractivity contribution < 1.29 is 4.79 Å². The highest BCUT2D eigenvalue weighted by molar-refractivity contribution is 5.83. The molecule has 0 heterocycles. The van der Waals surface area contributed by atoms with Gasteiger partial charge in [-0.05, 0) is 18.4 Å². The average molecular weight is 190 g/mol. The van der Waals surface area contributed by atoms with Crippen molar-refractivity contribution in [3.8, 4) is 0 Å². The Bertz CT molecular complexity index is 273. The molecule has 0 amide bonds. The summed E-state index contributed by atoms with van der Waals surface area (Å²) in [6.45, 7) is 4.16. The molecule has 0 aliphatic heterocycles. The van der Waals surface area contributed by atoms with Crippen LogP contribution >= 0.6 is 0 Å². The lowest BCUT2D eigenvalue weighted by Crippen LogP contribution is -2.15. The number of hydrogen-bond donors (Lipinski definition) is 0. The zero-order chi connectivity index (χ0) is 10.4. The second-order valence-corrected chi connectivity index (χ2v) is 3.64. The Morgan fingerprint density at radius 3 is 2.21 bits per heavy atom. The molecule has 0 radical (unpaired) electrons. The van der Waals surface area contributed by atoms with E-state index in [4.69, 9.17) is 0 Å². The van der Waals surface area contributed by atoms with Gasteiger partial charge in [0.1, 0.15) is 5.78 Å². The lowest BCUT2D eigenvalue weighted by atomic mass is 9.93. The van der Waals surface area contributed by atoms with Crippen LogP contribution in [0.15, 0.2) is 30.3 Å². The predicted octanol–water partition coefficient (Wildman–Crippen LogP) is 3.23. The number of carbonyl (C=O) groups excluding carboxylic acids is 1. The summed E-state index contributed by atoms with van der Waals surface area (Å²) in [5.74, 6) is 0.622. The third-order valence-electron chi connectivity index (χ3n) is 2.66. The Morgan fingerprint density at radius 1 is 1.14 bits per heavy atom. The van der Waals surface area contributed by atoms with E-state index in [1.54, 1.807) is 0 Å². The third-order valence-corrected chi connectivity index (χ3v) is 2.66. The first-order chi connectivity index (χ1) is 6.77. The van der Waals surface area contributed by atoms with Crippen LogP contribution in [0.3, 0.4) is 0 Å². The summed E-state index contributed by atoms with van der Waals surface area (Å²) in [6.07, 6.45) is 2.51. The number of hydrogen-bond acceptors (Lipinski definition) is 1. The molecule has 0 N–H and O–H groups in total. The molecule has 1 aromatic carbocycles. The minimum Gasteiger partial charge on any atom is -0.299 e. The van der Waals surface area contributed by atoms with Gasteiger partial charge in [0.25, 0.3) is 0 Å². The average Bonchev–Trinajstić information content (AvgIpc) is 2.21. The van der Waals surface area contributed by atoms with Crippen molar-refractivity contribution in [1.29, 1.82) is 0 Å². The fourth-order valence-electron chi connectivity index (χ4n) is 1.69. The molecular weight excluding hydrogens is 172 g/mol. The molecule has 0 fully saturated rings. The maximum absolute atomic E-state index is 11.8. The molecule has 0 aliphatic carbocycles. The van der Waals surface area contributed by atoms with E-state index < -0.39 is 0 Å². The van der Waals surface area contributed by atoms with Crippen LogP contribution in [-0.2, 0) is 11.2 Å². The maximum Gasteiger partial charge on any atom is 0.140 e.